The number of halogens is 4. The van der Waals surface area contributed by atoms with Gasteiger partial charge >= 0.3 is 3.93 Å². The zero-order valence-corrected chi connectivity index (χ0v) is 23.3. The van der Waals surface area contributed by atoms with E-state index in [0.29, 0.717) is 43.2 Å². The molecule has 1 aliphatic rings. The Kier molecular flexibility index (Phi) is 9.26. The standard InChI is InChI=1S/C26H29F3IN7O/c1-4-20-16-38-12-11-37(20)24-21(27)15-31-25(35-24)36-32-14-19-9-10-23(22(5-2)34-19)33-18-8-6-7-17(13-18)26(28,29)30-3/h6-10,13-15,20,33H,3-5,11-12,16H2,1-2H3,(H,31,35,36)/b32-14+. The third-order valence-electron chi connectivity index (χ3n) is 6.03. The number of ether oxygens (including phenoxy) is 1. The summed E-state index contributed by atoms with van der Waals surface area (Å²) in [6, 6.07) is 9.80. The molecule has 38 heavy (non-hydrogen) atoms. The summed E-state index contributed by atoms with van der Waals surface area (Å²) < 4.78 is 48.8. The fourth-order valence-corrected chi connectivity index (χ4v) is 4.80. The van der Waals surface area contributed by atoms with Crippen molar-refractivity contribution in [3.63, 3.8) is 0 Å². The number of rotatable bonds is 10. The lowest BCUT2D eigenvalue weighted by Gasteiger charge is -2.36. The summed E-state index contributed by atoms with van der Waals surface area (Å²) in [6.45, 7) is 5.55. The number of aromatic nitrogens is 3. The molecule has 2 N–H and O–H groups in total. The van der Waals surface area contributed by atoms with E-state index in [1.807, 2.05) is 24.8 Å². The van der Waals surface area contributed by atoms with Gasteiger partial charge in [-0.3, -0.25) is 0 Å². The third-order valence-corrected chi connectivity index (χ3v) is 7.61. The van der Waals surface area contributed by atoms with Crippen LogP contribution >= 0.6 is 20.7 Å². The Hall–Kier alpha value is -3.13. The molecule has 1 aliphatic heterocycles. The fraction of sp³-hybridized carbons (Fsp3) is 0.346. The van der Waals surface area contributed by atoms with Crippen molar-refractivity contribution in [2.75, 3.05) is 35.4 Å². The van der Waals surface area contributed by atoms with E-state index < -0.39 is 30.5 Å². The molecule has 3 aromatic rings. The van der Waals surface area contributed by atoms with Gasteiger partial charge in [-0.05, 0) is 57.8 Å². The lowest BCUT2D eigenvalue weighted by molar-refractivity contribution is 0.0921. The van der Waals surface area contributed by atoms with Crippen LogP contribution in [0.5, 0.6) is 0 Å². The van der Waals surface area contributed by atoms with Gasteiger partial charge in [0.15, 0.2) is 11.6 Å². The number of pyridine rings is 1. The molecule has 0 amide bonds. The normalized spacial score (nSPS) is 16.1. The average Bonchev–Trinajstić information content (AvgIpc) is 2.94. The number of nitrogens with one attached hydrogen (secondary N) is 2. The monoisotopic (exact) mass is 639 g/mol. The highest BCUT2D eigenvalue weighted by molar-refractivity contribution is 14.2. The topological polar surface area (TPSA) is 87.6 Å². The third kappa shape index (κ3) is 6.65. The Morgan fingerprint density at radius 2 is 2.11 bits per heavy atom. The number of morpholine rings is 1. The van der Waals surface area contributed by atoms with Gasteiger partial charge in [0, 0.05) is 17.8 Å². The van der Waals surface area contributed by atoms with Crippen molar-refractivity contribution in [1.29, 1.82) is 0 Å². The minimum Gasteiger partial charge on any atom is -0.377 e. The molecule has 0 saturated carbocycles. The van der Waals surface area contributed by atoms with Gasteiger partial charge in [-0.15, -0.1) is 0 Å². The molecule has 8 nitrogen and oxygen atoms in total. The van der Waals surface area contributed by atoms with E-state index in [-0.39, 0.29) is 23.4 Å². The summed E-state index contributed by atoms with van der Waals surface area (Å²) in [4.78, 5) is 14.8. The SMILES string of the molecule is C=IC(F)(F)c1cccc(Nc2ccc(/C=N/Nc3ncc(F)c(N4CCOCC4CC)n3)nc2CC)c1. The molecular formula is C26H29F3IN7O. The highest BCUT2D eigenvalue weighted by atomic mass is 127. The fourth-order valence-electron chi connectivity index (χ4n) is 4.02. The van der Waals surface area contributed by atoms with Crippen molar-refractivity contribution >= 4 is 54.6 Å². The van der Waals surface area contributed by atoms with Crippen LogP contribution in [0.2, 0.25) is 0 Å². The summed E-state index contributed by atoms with van der Waals surface area (Å²) in [6.07, 6.45) is 4.05. The van der Waals surface area contributed by atoms with Crippen LogP contribution in [0.15, 0.2) is 47.7 Å². The number of aryl methyl sites for hydroxylation is 1. The van der Waals surface area contributed by atoms with Crippen LogP contribution < -0.4 is 15.6 Å². The molecular weight excluding hydrogens is 610 g/mol. The summed E-state index contributed by atoms with van der Waals surface area (Å²) in [5, 5.41) is 7.36. The molecule has 0 aliphatic carbocycles. The van der Waals surface area contributed by atoms with Gasteiger partial charge in [-0.25, -0.2) is 19.8 Å². The van der Waals surface area contributed by atoms with Crippen molar-refractivity contribution in [3.05, 3.63) is 65.4 Å². The van der Waals surface area contributed by atoms with Crippen molar-refractivity contribution in [2.45, 2.75) is 36.7 Å². The zero-order valence-electron chi connectivity index (χ0n) is 21.1. The van der Waals surface area contributed by atoms with Crippen LogP contribution in [0.25, 0.3) is 0 Å². The Morgan fingerprint density at radius 3 is 2.87 bits per heavy atom. The first kappa shape index (κ1) is 27.9. The number of anilines is 4. The lowest BCUT2D eigenvalue weighted by Crippen LogP contribution is -2.46. The maximum atomic E-state index is 14.5. The van der Waals surface area contributed by atoms with E-state index in [1.54, 1.807) is 18.2 Å². The molecule has 12 heteroatoms. The molecule has 1 atom stereocenters. The lowest BCUT2D eigenvalue weighted by atomic mass is 10.1. The van der Waals surface area contributed by atoms with Gasteiger partial charge in [0.25, 0.3) is 0 Å². The second-order valence-electron chi connectivity index (χ2n) is 8.49. The number of hydrogen-bond acceptors (Lipinski definition) is 8. The van der Waals surface area contributed by atoms with E-state index in [1.165, 1.54) is 18.3 Å². The Labute approximate surface area is 229 Å². The van der Waals surface area contributed by atoms with Gasteiger partial charge in [0.05, 0.1) is 48.7 Å². The molecule has 3 heterocycles. The second-order valence-corrected chi connectivity index (χ2v) is 10.6. The first-order valence-corrected chi connectivity index (χ1v) is 14.8. The summed E-state index contributed by atoms with van der Waals surface area (Å²) >= 11 is -1.52. The van der Waals surface area contributed by atoms with Crippen LogP contribution in [0.3, 0.4) is 0 Å². The second kappa shape index (κ2) is 12.6. The first-order chi connectivity index (χ1) is 18.3. The number of alkyl halides is 3. The highest BCUT2D eigenvalue weighted by Crippen LogP contribution is 2.39. The quantitative estimate of drug-likeness (QED) is 0.125. The maximum absolute atomic E-state index is 14.5. The predicted molar refractivity (Wildman–Crippen MR) is 154 cm³/mol. The maximum Gasteiger partial charge on any atom is 0.316 e. The van der Waals surface area contributed by atoms with Crippen molar-refractivity contribution in [2.24, 2.45) is 5.10 Å². The van der Waals surface area contributed by atoms with E-state index in [4.69, 9.17) is 4.74 Å². The van der Waals surface area contributed by atoms with Crippen molar-refractivity contribution in [1.82, 2.24) is 15.0 Å². The van der Waals surface area contributed by atoms with Gasteiger partial charge in [0.2, 0.25) is 5.95 Å². The summed E-state index contributed by atoms with van der Waals surface area (Å²) in [5.41, 5.74) is 5.28. The molecule has 0 radical (unpaired) electrons. The molecule has 0 spiro atoms. The van der Waals surface area contributed by atoms with Gasteiger partial charge < -0.3 is 15.0 Å². The minimum atomic E-state index is -2.88. The minimum absolute atomic E-state index is 0.0392. The highest BCUT2D eigenvalue weighted by Gasteiger charge is 2.28. The molecule has 1 fully saturated rings. The van der Waals surface area contributed by atoms with Crippen LogP contribution in [0.1, 0.15) is 37.2 Å². The predicted octanol–water partition coefficient (Wildman–Crippen LogP) is 5.83. The zero-order chi connectivity index (χ0) is 27.1. The van der Waals surface area contributed by atoms with E-state index in [0.717, 1.165) is 18.3 Å². The smallest absolute Gasteiger partial charge is 0.316 e. The van der Waals surface area contributed by atoms with E-state index in [9.17, 15) is 13.2 Å². The van der Waals surface area contributed by atoms with Crippen LogP contribution in [0.4, 0.5) is 36.3 Å². The van der Waals surface area contributed by atoms with Crippen LogP contribution in [-0.2, 0) is 15.1 Å². The molecule has 1 saturated heterocycles. The largest absolute Gasteiger partial charge is 0.377 e. The van der Waals surface area contributed by atoms with Crippen LogP contribution in [0, 0.1) is 5.82 Å². The Bertz CT molecular complexity index is 1310. The number of hydrazone groups is 1. The first-order valence-electron chi connectivity index (χ1n) is 12.2. The van der Waals surface area contributed by atoms with Gasteiger partial charge in [0.1, 0.15) is 0 Å². The van der Waals surface area contributed by atoms with Crippen molar-refractivity contribution < 1.29 is 17.9 Å². The van der Waals surface area contributed by atoms with Crippen molar-refractivity contribution in [3.8, 4) is 0 Å². The molecule has 0 bridgehead atoms. The molecule has 2 aromatic heterocycles. The van der Waals surface area contributed by atoms with Gasteiger partial charge in [-0.2, -0.15) is 18.9 Å². The molecule has 4 rings (SSSR count). The van der Waals surface area contributed by atoms with Gasteiger partial charge in [-0.1, -0.05) is 30.5 Å². The number of benzene rings is 1. The Morgan fingerprint density at radius 1 is 1.26 bits per heavy atom. The molecule has 1 unspecified atom stereocenters. The molecule has 202 valence electrons. The Balaban J connectivity index is 1.46. The van der Waals surface area contributed by atoms with E-state index in [2.05, 4.69) is 35.3 Å². The molecule has 1 aromatic carbocycles. The van der Waals surface area contributed by atoms with E-state index >= 15 is 0 Å². The van der Waals surface area contributed by atoms with Crippen LogP contribution in [-0.4, -0.2) is 51.5 Å². The number of nitrogens with zero attached hydrogens (tertiary/aromatic N) is 5. The summed E-state index contributed by atoms with van der Waals surface area (Å²) in [5.74, 6) is -0.123. The number of hydrogen-bond donors (Lipinski definition) is 2. The average molecular weight is 639 g/mol. The summed E-state index contributed by atoms with van der Waals surface area (Å²) in [7, 11) is 0.